The molecule has 1 N–H and O–H groups in total. The number of allylic oxidation sites excluding steroid dienone is 1. The molecule has 2 atom stereocenters. The second-order valence-electron chi connectivity index (χ2n) is 3.19. The Morgan fingerprint density at radius 1 is 1.75 bits per heavy atom. The van der Waals surface area contributed by atoms with Gasteiger partial charge in [0.1, 0.15) is 5.70 Å². The van der Waals surface area contributed by atoms with E-state index in [1.807, 2.05) is 12.4 Å². The summed E-state index contributed by atoms with van der Waals surface area (Å²) in [6.07, 6.45) is 4.90. The van der Waals surface area contributed by atoms with Crippen molar-refractivity contribution < 1.29 is 0 Å². The van der Waals surface area contributed by atoms with E-state index in [9.17, 15) is 10.1 Å². The molecule has 4 nitrogen and oxygen atoms in total. The van der Waals surface area contributed by atoms with Crippen LogP contribution in [0.5, 0.6) is 0 Å². The lowest BCUT2D eigenvalue weighted by Gasteiger charge is -2.37. The zero-order valence-electron chi connectivity index (χ0n) is 7.07. The van der Waals surface area contributed by atoms with Gasteiger partial charge in [-0.25, -0.2) is 0 Å². The third-order valence-electron chi connectivity index (χ3n) is 2.29. The first-order chi connectivity index (χ1) is 5.62. The van der Waals surface area contributed by atoms with Crippen LogP contribution in [0.25, 0.3) is 0 Å². The highest BCUT2D eigenvalue weighted by Gasteiger charge is 2.26. The van der Waals surface area contributed by atoms with Gasteiger partial charge in [-0.3, -0.25) is 0 Å². The third kappa shape index (κ3) is 1.44. The molecule has 66 valence electrons. The van der Waals surface area contributed by atoms with Gasteiger partial charge in [0, 0.05) is 5.54 Å². The highest BCUT2D eigenvalue weighted by molar-refractivity contribution is 5.29. The SMILES string of the molecule is CC1C=C(N=O)C=CC1(C)N[O-]. The van der Waals surface area contributed by atoms with Crippen molar-refractivity contribution >= 4 is 0 Å². The molecule has 0 saturated carbocycles. The molecule has 0 aromatic rings. The van der Waals surface area contributed by atoms with E-state index in [2.05, 4.69) is 5.18 Å². The lowest BCUT2D eigenvalue weighted by Crippen LogP contribution is -2.43. The second-order valence-corrected chi connectivity index (χ2v) is 3.19. The van der Waals surface area contributed by atoms with Crippen LogP contribution in [0.15, 0.2) is 29.1 Å². The first-order valence-electron chi connectivity index (χ1n) is 3.76. The number of nitrogens with zero attached hydrogens (tertiary/aromatic N) is 1. The van der Waals surface area contributed by atoms with Gasteiger partial charge in [-0.1, -0.05) is 19.1 Å². The molecule has 0 heterocycles. The highest BCUT2D eigenvalue weighted by atomic mass is 16.5. The number of hydrogen-bond donors (Lipinski definition) is 1. The minimum Gasteiger partial charge on any atom is -0.787 e. The molecule has 1 aliphatic rings. The van der Waals surface area contributed by atoms with Gasteiger partial charge in [-0.2, -0.15) is 0 Å². The van der Waals surface area contributed by atoms with Gasteiger partial charge in [0.15, 0.2) is 0 Å². The van der Waals surface area contributed by atoms with Crippen LogP contribution in [0.4, 0.5) is 0 Å². The van der Waals surface area contributed by atoms with Crippen LogP contribution in [0.2, 0.25) is 0 Å². The Balaban J connectivity index is 2.87. The quantitative estimate of drug-likeness (QED) is 0.502. The molecule has 0 aromatic carbocycles. The fourth-order valence-corrected chi connectivity index (χ4v) is 1.08. The Kier molecular flexibility index (Phi) is 2.40. The van der Waals surface area contributed by atoms with E-state index in [4.69, 9.17) is 0 Å². The molecule has 1 aliphatic carbocycles. The van der Waals surface area contributed by atoms with Gasteiger partial charge in [-0.05, 0) is 24.1 Å². The second kappa shape index (κ2) is 3.16. The summed E-state index contributed by atoms with van der Waals surface area (Å²) in [6.45, 7) is 3.64. The summed E-state index contributed by atoms with van der Waals surface area (Å²) in [5.41, 5.74) is 1.73. The number of hydrogen-bond acceptors (Lipinski definition) is 4. The molecular weight excluding hydrogens is 156 g/mol. The standard InChI is InChI=1S/C8H11N2O2/c1-6-5-7(9-11)3-4-8(6,2)10-12/h3-6,10H,1-2H3/q-1. The van der Waals surface area contributed by atoms with Crippen LogP contribution in [-0.2, 0) is 0 Å². The van der Waals surface area contributed by atoms with Crippen molar-refractivity contribution in [2.45, 2.75) is 19.4 Å². The van der Waals surface area contributed by atoms with Crippen molar-refractivity contribution in [2.75, 3.05) is 0 Å². The predicted molar refractivity (Wildman–Crippen MR) is 47.1 cm³/mol. The maximum Gasteiger partial charge on any atom is 0.104 e. The summed E-state index contributed by atoms with van der Waals surface area (Å²) >= 11 is 0. The van der Waals surface area contributed by atoms with Crippen LogP contribution < -0.4 is 5.48 Å². The largest absolute Gasteiger partial charge is 0.787 e. The van der Waals surface area contributed by atoms with Crippen molar-refractivity contribution in [3.05, 3.63) is 34.0 Å². The Hall–Kier alpha value is -1.00. The number of nitrogens with one attached hydrogen (secondary N) is 1. The summed E-state index contributed by atoms with van der Waals surface area (Å²) in [5, 5.41) is 13.4. The van der Waals surface area contributed by atoms with E-state index < -0.39 is 5.54 Å². The lowest BCUT2D eigenvalue weighted by molar-refractivity contribution is 0.394. The molecule has 0 aromatic heterocycles. The molecule has 0 bridgehead atoms. The zero-order valence-corrected chi connectivity index (χ0v) is 7.07. The van der Waals surface area contributed by atoms with Crippen molar-refractivity contribution in [1.82, 2.24) is 5.48 Å². The normalized spacial score (nSPS) is 34.6. The molecule has 0 saturated heterocycles. The predicted octanol–water partition coefficient (Wildman–Crippen LogP) is 1.69. The molecule has 0 spiro atoms. The average Bonchev–Trinajstić information content (AvgIpc) is 2.10. The third-order valence-corrected chi connectivity index (χ3v) is 2.29. The van der Waals surface area contributed by atoms with E-state index in [0.717, 1.165) is 0 Å². The van der Waals surface area contributed by atoms with Crippen molar-refractivity contribution in [1.29, 1.82) is 0 Å². The number of hydroxylamine groups is 1. The van der Waals surface area contributed by atoms with E-state index >= 15 is 0 Å². The topological polar surface area (TPSA) is 64.5 Å². The van der Waals surface area contributed by atoms with Crippen LogP contribution in [-0.4, -0.2) is 5.54 Å². The fraction of sp³-hybridized carbons (Fsp3) is 0.500. The first kappa shape index (κ1) is 9.09. The number of rotatable bonds is 2. The van der Waals surface area contributed by atoms with E-state index in [0.29, 0.717) is 5.70 Å². The van der Waals surface area contributed by atoms with E-state index in [1.165, 1.54) is 0 Å². The van der Waals surface area contributed by atoms with Gasteiger partial charge in [0.05, 0.1) is 0 Å². The van der Waals surface area contributed by atoms with Crippen LogP contribution in [0.1, 0.15) is 13.8 Å². The van der Waals surface area contributed by atoms with Gasteiger partial charge < -0.3 is 10.7 Å². The van der Waals surface area contributed by atoms with Gasteiger partial charge in [-0.15, -0.1) is 4.91 Å². The molecule has 1 rings (SSSR count). The van der Waals surface area contributed by atoms with Crippen LogP contribution in [0.3, 0.4) is 0 Å². The Morgan fingerprint density at radius 3 is 2.83 bits per heavy atom. The molecule has 0 amide bonds. The molecular formula is C8H11N2O2-. The maximum absolute atomic E-state index is 10.6. The summed E-state index contributed by atoms with van der Waals surface area (Å²) in [5.74, 6) is -0.0206. The van der Waals surface area contributed by atoms with Gasteiger partial charge in [0.25, 0.3) is 0 Å². The summed E-state index contributed by atoms with van der Waals surface area (Å²) in [6, 6.07) is 0. The Morgan fingerprint density at radius 2 is 2.42 bits per heavy atom. The monoisotopic (exact) mass is 167 g/mol. The van der Waals surface area contributed by atoms with E-state index in [-0.39, 0.29) is 5.92 Å². The van der Waals surface area contributed by atoms with Gasteiger partial charge in [0.2, 0.25) is 0 Å². The minimum atomic E-state index is -0.603. The van der Waals surface area contributed by atoms with Crippen molar-refractivity contribution in [2.24, 2.45) is 11.1 Å². The smallest absolute Gasteiger partial charge is 0.104 e. The zero-order chi connectivity index (χ0) is 9.19. The first-order valence-corrected chi connectivity index (χ1v) is 3.76. The van der Waals surface area contributed by atoms with Gasteiger partial charge >= 0.3 is 0 Å². The lowest BCUT2D eigenvalue weighted by atomic mass is 9.83. The summed E-state index contributed by atoms with van der Waals surface area (Å²) in [4.78, 5) is 10.1. The average molecular weight is 167 g/mol. The molecule has 0 aliphatic heterocycles. The van der Waals surface area contributed by atoms with E-state index in [1.54, 1.807) is 25.2 Å². The molecule has 12 heavy (non-hydrogen) atoms. The molecule has 4 heteroatoms. The maximum atomic E-state index is 10.6. The Bertz CT molecular complexity index is 247. The number of nitroso groups, excluding NO2 is 1. The van der Waals surface area contributed by atoms with Crippen LogP contribution >= 0.6 is 0 Å². The molecule has 0 radical (unpaired) electrons. The molecule has 0 fully saturated rings. The Labute approximate surface area is 70.9 Å². The van der Waals surface area contributed by atoms with Crippen molar-refractivity contribution in [3.8, 4) is 0 Å². The molecule has 2 unspecified atom stereocenters. The fourth-order valence-electron chi connectivity index (χ4n) is 1.08. The van der Waals surface area contributed by atoms with Crippen LogP contribution in [0, 0.1) is 16.0 Å². The summed E-state index contributed by atoms with van der Waals surface area (Å²) in [7, 11) is 0. The van der Waals surface area contributed by atoms with Crippen molar-refractivity contribution in [3.63, 3.8) is 0 Å². The summed E-state index contributed by atoms with van der Waals surface area (Å²) < 4.78 is 0. The highest BCUT2D eigenvalue weighted by Crippen LogP contribution is 2.26. The minimum absolute atomic E-state index is 0.0206.